The molecule has 0 heterocycles. The summed E-state index contributed by atoms with van der Waals surface area (Å²) < 4.78 is 0. The van der Waals surface area contributed by atoms with Crippen molar-refractivity contribution in [1.29, 1.82) is 0 Å². The summed E-state index contributed by atoms with van der Waals surface area (Å²) in [6, 6.07) is 6.13. The van der Waals surface area contributed by atoms with E-state index in [-0.39, 0.29) is 0 Å². The molecule has 1 nitrogen and oxygen atoms in total. The van der Waals surface area contributed by atoms with Crippen molar-refractivity contribution in [2.24, 2.45) is 5.92 Å². The minimum Gasteiger partial charge on any atom is -0.398 e. The van der Waals surface area contributed by atoms with Crippen LogP contribution < -0.4 is 5.73 Å². The molecule has 1 rings (SSSR count). The topological polar surface area (TPSA) is 26.0 Å². The zero-order valence-electron chi connectivity index (χ0n) is 9.37. The van der Waals surface area contributed by atoms with Crippen LogP contribution in [-0.2, 0) is 0 Å². The normalized spacial score (nSPS) is 13.2. The van der Waals surface area contributed by atoms with Crippen molar-refractivity contribution in [3.05, 3.63) is 23.8 Å². The first-order valence-corrected chi connectivity index (χ1v) is 5.92. The Morgan fingerprint density at radius 3 is 2.43 bits per heavy atom. The average Bonchev–Trinajstić information content (AvgIpc) is 2.12. The summed E-state index contributed by atoms with van der Waals surface area (Å²) in [6.45, 7) is 8.85. The number of anilines is 1. The van der Waals surface area contributed by atoms with Gasteiger partial charge in [-0.2, -0.15) is 0 Å². The van der Waals surface area contributed by atoms with Crippen LogP contribution in [-0.4, -0.2) is 5.25 Å². The number of nitrogen functional groups attached to an aromatic ring is 1. The van der Waals surface area contributed by atoms with Gasteiger partial charge in [0.2, 0.25) is 0 Å². The van der Waals surface area contributed by atoms with Crippen LogP contribution in [0.25, 0.3) is 0 Å². The van der Waals surface area contributed by atoms with Crippen molar-refractivity contribution in [1.82, 2.24) is 0 Å². The molecule has 1 unspecified atom stereocenters. The predicted molar refractivity (Wildman–Crippen MR) is 65.7 cm³/mol. The maximum atomic E-state index is 5.86. The van der Waals surface area contributed by atoms with Crippen LogP contribution in [0.3, 0.4) is 0 Å². The Kier molecular flexibility index (Phi) is 3.87. The lowest BCUT2D eigenvalue weighted by Gasteiger charge is -2.16. The highest BCUT2D eigenvalue weighted by atomic mass is 32.2. The molecule has 1 atom stereocenters. The van der Waals surface area contributed by atoms with Crippen molar-refractivity contribution in [3.63, 3.8) is 0 Å². The number of rotatable bonds is 3. The van der Waals surface area contributed by atoms with Gasteiger partial charge in [0.25, 0.3) is 0 Å². The molecule has 0 saturated heterocycles. The summed E-state index contributed by atoms with van der Waals surface area (Å²) in [7, 11) is 0. The van der Waals surface area contributed by atoms with Crippen molar-refractivity contribution >= 4 is 17.4 Å². The number of thioether (sulfide) groups is 1. The fourth-order valence-electron chi connectivity index (χ4n) is 1.10. The van der Waals surface area contributed by atoms with E-state index in [9.17, 15) is 0 Å². The molecule has 0 spiro atoms. The second kappa shape index (κ2) is 4.74. The molecule has 0 bridgehead atoms. The van der Waals surface area contributed by atoms with Crippen LogP contribution in [0, 0.1) is 12.8 Å². The van der Waals surface area contributed by atoms with Gasteiger partial charge in [-0.15, -0.1) is 11.8 Å². The lowest BCUT2D eigenvalue weighted by molar-refractivity contribution is 0.642. The Hall–Kier alpha value is -0.630. The second-order valence-corrected chi connectivity index (χ2v) is 5.46. The Balaban J connectivity index is 2.82. The Morgan fingerprint density at radius 2 is 1.86 bits per heavy atom. The van der Waals surface area contributed by atoms with E-state index in [4.69, 9.17) is 5.73 Å². The van der Waals surface area contributed by atoms with Crippen LogP contribution in [0.1, 0.15) is 26.3 Å². The first-order chi connectivity index (χ1) is 6.52. The summed E-state index contributed by atoms with van der Waals surface area (Å²) in [4.78, 5) is 1.31. The van der Waals surface area contributed by atoms with Crippen molar-refractivity contribution in [2.45, 2.75) is 37.8 Å². The van der Waals surface area contributed by atoms with Gasteiger partial charge in [-0.3, -0.25) is 0 Å². The van der Waals surface area contributed by atoms with Gasteiger partial charge in [0.15, 0.2) is 0 Å². The highest BCUT2D eigenvalue weighted by Gasteiger charge is 2.10. The Morgan fingerprint density at radius 1 is 1.21 bits per heavy atom. The molecular weight excluding hydrogens is 190 g/mol. The lowest BCUT2D eigenvalue weighted by atomic mass is 10.2. The third-order valence-corrected chi connectivity index (χ3v) is 4.19. The minimum atomic E-state index is 0.635. The van der Waals surface area contributed by atoms with Gasteiger partial charge in [0.1, 0.15) is 0 Å². The molecule has 2 heteroatoms. The van der Waals surface area contributed by atoms with E-state index < -0.39 is 0 Å². The Labute approximate surface area is 91.1 Å². The number of hydrogen-bond acceptors (Lipinski definition) is 2. The van der Waals surface area contributed by atoms with E-state index in [0.717, 1.165) is 5.69 Å². The highest BCUT2D eigenvalue weighted by Crippen LogP contribution is 2.32. The summed E-state index contributed by atoms with van der Waals surface area (Å²) in [5.41, 5.74) is 7.97. The first kappa shape index (κ1) is 11.4. The molecule has 1 aromatic carbocycles. The van der Waals surface area contributed by atoms with Crippen LogP contribution in [0.15, 0.2) is 23.1 Å². The van der Waals surface area contributed by atoms with Crippen molar-refractivity contribution in [2.75, 3.05) is 5.73 Å². The molecule has 0 aliphatic heterocycles. The molecule has 0 radical (unpaired) electrons. The van der Waals surface area contributed by atoms with E-state index >= 15 is 0 Å². The van der Waals surface area contributed by atoms with Gasteiger partial charge in [-0.25, -0.2) is 0 Å². The third kappa shape index (κ3) is 2.68. The molecule has 2 N–H and O–H groups in total. The monoisotopic (exact) mass is 209 g/mol. The molecule has 0 saturated carbocycles. The van der Waals surface area contributed by atoms with E-state index in [1.807, 2.05) is 23.9 Å². The molecule has 0 fully saturated rings. The van der Waals surface area contributed by atoms with Crippen LogP contribution in [0.2, 0.25) is 0 Å². The van der Waals surface area contributed by atoms with Gasteiger partial charge in [-0.1, -0.05) is 26.8 Å². The maximum Gasteiger partial charge on any atom is 0.0354 e. The molecule has 0 aliphatic carbocycles. The van der Waals surface area contributed by atoms with Crippen LogP contribution >= 0.6 is 11.8 Å². The van der Waals surface area contributed by atoms with E-state index in [1.165, 1.54) is 10.5 Å². The van der Waals surface area contributed by atoms with Crippen LogP contribution in [0.5, 0.6) is 0 Å². The fraction of sp³-hybridized carbons (Fsp3) is 0.500. The second-order valence-electron chi connectivity index (χ2n) is 4.04. The predicted octanol–water partition coefficient (Wildman–Crippen LogP) is 3.71. The van der Waals surface area contributed by atoms with Gasteiger partial charge in [0.05, 0.1) is 0 Å². The number of hydrogen-bond donors (Lipinski definition) is 1. The molecule has 78 valence electrons. The first-order valence-electron chi connectivity index (χ1n) is 5.04. The third-order valence-electron chi connectivity index (χ3n) is 2.58. The van der Waals surface area contributed by atoms with Gasteiger partial charge in [-0.05, 0) is 30.5 Å². The molecule has 0 amide bonds. The SMILES string of the molecule is Cc1c(N)cccc1SC(C)C(C)C. The minimum absolute atomic E-state index is 0.635. The number of nitrogens with two attached hydrogens (primary N) is 1. The van der Waals surface area contributed by atoms with Crippen LogP contribution in [0.4, 0.5) is 5.69 Å². The summed E-state index contributed by atoms with van der Waals surface area (Å²) in [6.07, 6.45) is 0. The van der Waals surface area contributed by atoms with Gasteiger partial charge >= 0.3 is 0 Å². The molecule has 1 aromatic rings. The Bertz CT molecular complexity index is 307. The average molecular weight is 209 g/mol. The number of benzene rings is 1. The zero-order chi connectivity index (χ0) is 10.7. The highest BCUT2D eigenvalue weighted by molar-refractivity contribution is 8.00. The molecular formula is C12H19NS. The van der Waals surface area contributed by atoms with Crippen molar-refractivity contribution in [3.8, 4) is 0 Å². The molecule has 0 aromatic heterocycles. The smallest absolute Gasteiger partial charge is 0.0354 e. The standard InChI is InChI=1S/C12H19NS/c1-8(2)10(4)14-12-7-5-6-11(13)9(12)3/h5-8,10H,13H2,1-4H3. The fourth-order valence-corrected chi connectivity index (χ4v) is 2.22. The van der Waals surface area contributed by atoms with E-state index in [0.29, 0.717) is 11.2 Å². The lowest BCUT2D eigenvalue weighted by Crippen LogP contribution is -2.05. The molecule has 14 heavy (non-hydrogen) atoms. The van der Waals surface area contributed by atoms with Gasteiger partial charge < -0.3 is 5.73 Å². The zero-order valence-corrected chi connectivity index (χ0v) is 10.2. The van der Waals surface area contributed by atoms with E-state index in [2.05, 4.69) is 33.8 Å². The van der Waals surface area contributed by atoms with E-state index in [1.54, 1.807) is 0 Å². The summed E-state index contributed by atoms with van der Waals surface area (Å²) in [5, 5.41) is 0.635. The van der Waals surface area contributed by atoms with Gasteiger partial charge in [0, 0.05) is 15.8 Å². The van der Waals surface area contributed by atoms with Crippen molar-refractivity contribution < 1.29 is 0 Å². The summed E-state index contributed by atoms with van der Waals surface area (Å²) in [5.74, 6) is 0.695. The largest absolute Gasteiger partial charge is 0.398 e. The molecule has 0 aliphatic rings. The maximum absolute atomic E-state index is 5.86. The summed E-state index contributed by atoms with van der Waals surface area (Å²) >= 11 is 1.91. The quantitative estimate of drug-likeness (QED) is 0.606.